The lowest BCUT2D eigenvalue weighted by molar-refractivity contribution is -0.116. The molecular formula is C13H18N2O2. The van der Waals surface area contributed by atoms with E-state index in [-0.39, 0.29) is 5.91 Å². The molecule has 1 aromatic carbocycles. The highest BCUT2D eigenvalue weighted by molar-refractivity contribution is 6.02. The molecule has 0 fully saturated rings. The minimum atomic E-state index is -0.537. The first-order chi connectivity index (χ1) is 8.00. The molecule has 4 nitrogen and oxygen atoms in total. The summed E-state index contributed by atoms with van der Waals surface area (Å²) in [5.74, 6) is -0.149. The van der Waals surface area contributed by atoms with Gasteiger partial charge in [0, 0.05) is 6.42 Å². The molecule has 0 bridgehead atoms. The molecule has 2 amide bonds. The molecule has 0 saturated carbocycles. The number of anilines is 1. The molecule has 0 saturated heterocycles. The first kappa shape index (κ1) is 13.2. The summed E-state index contributed by atoms with van der Waals surface area (Å²) >= 11 is 0. The Morgan fingerprint density at radius 2 is 1.94 bits per heavy atom. The van der Waals surface area contributed by atoms with E-state index in [0.29, 0.717) is 23.6 Å². The summed E-state index contributed by atoms with van der Waals surface area (Å²) in [6.07, 6.45) is 1.27. The molecule has 4 heteroatoms. The second-order valence-corrected chi connectivity index (χ2v) is 4.39. The number of primary amides is 1. The van der Waals surface area contributed by atoms with E-state index in [2.05, 4.69) is 19.2 Å². The summed E-state index contributed by atoms with van der Waals surface area (Å²) < 4.78 is 0. The quantitative estimate of drug-likeness (QED) is 0.819. The van der Waals surface area contributed by atoms with Crippen molar-refractivity contribution in [2.75, 3.05) is 5.32 Å². The zero-order valence-corrected chi connectivity index (χ0v) is 10.2. The maximum atomic E-state index is 11.6. The van der Waals surface area contributed by atoms with Crippen LogP contribution in [0.5, 0.6) is 0 Å². The fourth-order valence-electron chi connectivity index (χ4n) is 1.44. The smallest absolute Gasteiger partial charge is 0.250 e. The van der Waals surface area contributed by atoms with Crippen LogP contribution < -0.4 is 11.1 Å². The predicted molar refractivity (Wildman–Crippen MR) is 67.7 cm³/mol. The largest absolute Gasteiger partial charge is 0.366 e. The Labute approximate surface area is 101 Å². The lowest BCUT2D eigenvalue weighted by atomic mass is 10.1. The van der Waals surface area contributed by atoms with Crippen molar-refractivity contribution in [3.8, 4) is 0 Å². The van der Waals surface area contributed by atoms with Gasteiger partial charge in [-0.15, -0.1) is 0 Å². The Hall–Kier alpha value is -1.84. The molecule has 0 atom stereocenters. The van der Waals surface area contributed by atoms with Gasteiger partial charge in [-0.05, 0) is 24.5 Å². The minimum absolute atomic E-state index is 0.0904. The molecule has 17 heavy (non-hydrogen) atoms. The predicted octanol–water partition coefficient (Wildman–Crippen LogP) is 2.16. The fraction of sp³-hybridized carbons (Fsp3) is 0.385. The molecule has 0 aliphatic carbocycles. The monoisotopic (exact) mass is 234 g/mol. The summed E-state index contributed by atoms with van der Waals surface area (Å²) in [6.45, 7) is 4.12. The molecule has 0 unspecified atom stereocenters. The van der Waals surface area contributed by atoms with Gasteiger partial charge in [0.25, 0.3) is 5.91 Å². The van der Waals surface area contributed by atoms with Crippen LogP contribution in [-0.4, -0.2) is 11.8 Å². The van der Waals surface area contributed by atoms with Gasteiger partial charge < -0.3 is 11.1 Å². The van der Waals surface area contributed by atoms with Gasteiger partial charge >= 0.3 is 0 Å². The Balaban J connectivity index is 2.68. The minimum Gasteiger partial charge on any atom is -0.366 e. The second-order valence-electron chi connectivity index (χ2n) is 4.39. The zero-order valence-electron chi connectivity index (χ0n) is 10.2. The number of benzene rings is 1. The van der Waals surface area contributed by atoms with Gasteiger partial charge in [0.1, 0.15) is 0 Å². The highest BCUT2D eigenvalue weighted by Crippen LogP contribution is 2.15. The summed E-state index contributed by atoms with van der Waals surface area (Å²) in [6, 6.07) is 6.74. The zero-order chi connectivity index (χ0) is 12.8. The summed E-state index contributed by atoms with van der Waals surface area (Å²) in [4.78, 5) is 22.8. The molecule has 0 aliphatic rings. The van der Waals surface area contributed by atoms with Crippen LogP contribution in [0.15, 0.2) is 24.3 Å². The molecule has 1 rings (SSSR count). The van der Waals surface area contributed by atoms with Gasteiger partial charge in [-0.3, -0.25) is 9.59 Å². The first-order valence-corrected chi connectivity index (χ1v) is 5.69. The molecule has 0 spiro atoms. The van der Waals surface area contributed by atoms with Crippen LogP contribution in [0, 0.1) is 5.92 Å². The van der Waals surface area contributed by atoms with Crippen molar-refractivity contribution in [3.63, 3.8) is 0 Å². The van der Waals surface area contributed by atoms with Crippen molar-refractivity contribution >= 4 is 17.5 Å². The number of para-hydroxylation sites is 1. The maximum Gasteiger partial charge on any atom is 0.250 e. The average molecular weight is 234 g/mol. The van der Waals surface area contributed by atoms with Gasteiger partial charge in [0.15, 0.2) is 0 Å². The van der Waals surface area contributed by atoms with Gasteiger partial charge in [0.05, 0.1) is 11.3 Å². The third kappa shape index (κ3) is 4.26. The third-order valence-electron chi connectivity index (χ3n) is 2.42. The fourth-order valence-corrected chi connectivity index (χ4v) is 1.44. The molecular weight excluding hydrogens is 216 g/mol. The molecule has 0 radical (unpaired) electrons. The van der Waals surface area contributed by atoms with Crippen LogP contribution in [0.4, 0.5) is 5.69 Å². The lowest BCUT2D eigenvalue weighted by Crippen LogP contribution is -2.18. The second kappa shape index (κ2) is 6.03. The summed E-state index contributed by atoms with van der Waals surface area (Å²) in [7, 11) is 0. The normalized spacial score (nSPS) is 10.3. The van der Waals surface area contributed by atoms with Crippen molar-refractivity contribution in [1.82, 2.24) is 0 Å². The van der Waals surface area contributed by atoms with Crippen molar-refractivity contribution in [2.45, 2.75) is 26.7 Å². The van der Waals surface area contributed by atoms with Crippen LogP contribution in [0.25, 0.3) is 0 Å². The van der Waals surface area contributed by atoms with E-state index in [4.69, 9.17) is 5.73 Å². The van der Waals surface area contributed by atoms with Gasteiger partial charge in [-0.25, -0.2) is 0 Å². The molecule has 92 valence electrons. The van der Waals surface area contributed by atoms with E-state index in [1.807, 2.05) is 0 Å². The average Bonchev–Trinajstić information content (AvgIpc) is 2.27. The van der Waals surface area contributed by atoms with Crippen LogP contribution in [0.2, 0.25) is 0 Å². The number of nitrogens with two attached hydrogens (primary N) is 1. The van der Waals surface area contributed by atoms with Crippen LogP contribution in [0.1, 0.15) is 37.0 Å². The lowest BCUT2D eigenvalue weighted by Gasteiger charge is -2.09. The topological polar surface area (TPSA) is 72.2 Å². The Bertz CT molecular complexity index is 414. The van der Waals surface area contributed by atoms with Crippen molar-refractivity contribution in [2.24, 2.45) is 11.7 Å². The Morgan fingerprint density at radius 3 is 2.53 bits per heavy atom. The summed E-state index contributed by atoms with van der Waals surface area (Å²) in [5, 5.41) is 2.71. The van der Waals surface area contributed by atoms with E-state index < -0.39 is 5.91 Å². The van der Waals surface area contributed by atoms with Crippen LogP contribution in [-0.2, 0) is 4.79 Å². The van der Waals surface area contributed by atoms with Crippen LogP contribution >= 0.6 is 0 Å². The number of rotatable bonds is 5. The van der Waals surface area contributed by atoms with Gasteiger partial charge in [-0.1, -0.05) is 26.0 Å². The highest BCUT2D eigenvalue weighted by atomic mass is 16.2. The standard InChI is InChI=1S/C13H18N2O2/c1-9(2)7-8-12(16)15-11-6-4-3-5-10(11)13(14)17/h3-6,9H,7-8H2,1-2H3,(H2,14,17)(H,15,16). The number of hydrogen-bond acceptors (Lipinski definition) is 2. The van der Waals surface area contributed by atoms with E-state index in [0.717, 1.165) is 6.42 Å². The number of amides is 2. The van der Waals surface area contributed by atoms with E-state index >= 15 is 0 Å². The van der Waals surface area contributed by atoms with Gasteiger partial charge in [0.2, 0.25) is 5.91 Å². The SMILES string of the molecule is CC(C)CCC(=O)Nc1ccccc1C(N)=O. The number of carbonyl (C=O) groups is 2. The molecule has 0 aliphatic heterocycles. The summed E-state index contributed by atoms with van der Waals surface area (Å²) in [5.41, 5.74) is 6.04. The highest BCUT2D eigenvalue weighted by Gasteiger charge is 2.10. The Kier molecular flexibility index (Phi) is 4.69. The molecule has 1 aromatic rings. The Morgan fingerprint density at radius 1 is 1.29 bits per heavy atom. The van der Waals surface area contributed by atoms with Crippen molar-refractivity contribution in [1.29, 1.82) is 0 Å². The number of nitrogens with one attached hydrogen (secondary N) is 1. The molecule has 0 heterocycles. The molecule has 3 N–H and O–H groups in total. The van der Waals surface area contributed by atoms with Crippen LogP contribution in [0.3, 0.4) is 0 Å². The maximum absolute atomic E-state index is 11.6. The van der Waals surface area contributed by atoms with Gasteiger partial charge in [-0.2, -0.15) is 0 Å². The van der Waals surface area contributed by atoms with Crippen molar-refractivity contribution in [3.05, 3.63) is 29.8 Å². The van der Waals surface area contributed by atoms with E-state index in [9.17, 15) is 9.59 Å². The third-order valence-corrected chi connectivity index (χ3v) is 2.42. The number of hydrogen-bond donors (Lipinski definition) is 2. The molecule has 0 aromatic heterocycles. The first-order valence-electron chi connectivity index (χ1n) is 5.69. The van der Waals surface area contributed by atoms with E-state index in [1.165, 1.54) is 0 Å². The van der Waals surface area contributed by atoms with E-state index in [1.54, 1.807) is 24.3 Å². The van der Waals surface area contributed by atoms with Crippen molar-refractivity contribution < 1.29 is 9.59 Å². The number of carbonyl (C=O) groups excluding carboxylic acids is 2.